The molecule has 0 fully saturated rings. The van der Waals surface area contributed by atoms with E-state index in [0.29, 0.717) is 11.3 Å². The summed E-state index contributed by atoms with van der Waals surface area (Å²) in [6.07, 6.45) is 2.76. The van der Waals surface area contributed by atoms with Gasteiger partial charge in [-0.2, -0.15) is 4.98 Å². The van der Waals surface area contributed by atoms with E-state index in [0.717, 1.165) is 16.7 Å². The molecular weight excluding hydrogens is 408 g/mol. The third kappa shape index (κ3) is 5.35. The highest BCUT2D eigenvalue weighted by Gasteiger charge is 2.18. The number of rotatable bonds is 8. The lowest BCUT2D eigenvalue weighted by atomic mass is 10.1. The molecule has 164 valence electrons. The number of benzene rings is 2. The van der Waals surface area contributed by atoms with E-state index in [1.807, 2.05) is 32.9 Å². The fourth-order valence-electron chi connectivity index (χ4n) is 2.90. The number of nitrogens with zero attached hydrogens (tertiary/aromatic N) is 2. The zero-order valence-electron chi connectivity index (χ0n) is 18.0. The van der Waals surface area contributed by atoms with E-state index in [1.54, 1.807) is 30.3 Å². The molecule has 0 aliphatic carbocycles. The Bertz CT molecular complexity index is 1200. The molecule has 1 aromatic heterocycles. The summed E-state index contributed by atoms with van der Waals surface area (Å²) < 4.78 is 5.88. The van der Waals surface area contributed by atoms with Crippen LogP contribution in [0.5, 0.6) is 11.6 Å². The van der Waals surface area contributed by atoms with Gasteiger partial charge in [0.05, 0.1) is 12.2 Å². The average Bonchev–Trinajstić information content (AvgIpc) is 2.75. The molecule has 0 unspecified atom stereocenters. The Balaban J connectivity index is 2.00. The molecule has 3 rings (SSSR count). The van der Waals surface area contributed by atoms with Crippen LogP contribution in [0.4, 0.5) is 11.6 Å². The second-order valence-corrected chi connectivity index (χ2v) is 7.39. The number of aryl methyl sites for hydroxylation is 1. The average molecular weight is 432 g/mol. The van der Waals surface area contributed by atoms with E-state index in [9.17, 15) is 14.7 Å². The highest BCUT2D eigenvalue weighted by molar-refractivity contribution is 6.07. The van der Waals surface area contributed by atoms with Crippen molar-refractivity contribution in [2.45, 2.75) is 27.4 Å². The minimum Gasteiger partial charge on any atom is -0.437 e. The Hall–Kier alpha value is -4.04. The van der Waals surface area contributed by atoms with E-state index in [4.69, 9.17) is 10.5 Å². The van der Waals surface area contributed by atoms with E-state index in [-0.39, 0.29) is 35.5 Å². The van der Waals surface area contributed by atoms with Crippen LogP contribution >= 0.6 is 0 Å². The minimum absolute atomic E-state index is 0.0270. The molecule has 0 aliphatic heterocycles. The van der Waals surface area contributed by atoms with Gasteiger partial charge in [-0.3, -0.25) is 9.59 Å². The number of primary amides is 1. The first kappa shape index (κ1) is 22.6. The van der Waals surface area contributed by atoms with Crippen molar-refractivity contribution < 1.29 is 19.4 Å². The van der Waals surface area contributed by atoms with Gasteiger partial charge in [-0.15, -0.1) is 0 Å². The number of amides is 1. The maximum Gasteiger partial charge on any atom is 0.255 e. The lowest BCUT2D eigenvalue weighted by Gasteiger charge is -2.14. The molecule has 3 aromatic rings. The van der Waals surface area contributed by atoms with Gasteiger partial charge in [-0.25, -0.2) is 4.98 Å². The van der Waals surface area contributed by atoms with Crippen LogP contribution in [-0.2, 0) is 6.61 Å². The number of ether oxygens (including phenoxy) is 1. The summed E-state index contributed by atoms with van der Waals surface area (Å²) in [7, 11) is 0. The van der Waals surface area contributed by atoms with Gasteiger partial charge >= 0.3 is 0 Å². The van der Waals surface area contributed by atoms with E-state index in [2.05, 4.69) is 15.3 Å². The monoisotopic (exact) mass is 432 g/mol. The van der Waals surface area contributed by atoms with Gasteiger partial charge in [0.2, 0.25) is 11.8 Å². The molecule has 0 saturated heterocycles. The second kappa shape index (κ2) is 9.84. The predicted molar refractivity (Wildman–Crippen MR) is 121 cm³/mol. The fourth-order valence-corrected chi connectivity index (χ4v) is 2.90. The second-order valence-electron chi connectivity index (χ2n) is 7.39. The SMILES string of the molecule is CC(C)=CC(=O)c1ccccc1Oc1nc(Nc2cc(CO)ccc2C)ncc1C(N)=O. The van der Waals surface area contributed by atoms with Crippen LogP contribution in [0, 0.1) is 6.92 Å². The van der Waals surface area contributed by atoms with Gasteiger partial charge in [-0.1, -0.05) is 29.8 Å². The molecule has 1 amide bonds. The van der Waals surface area contributed by atoms with E-state index in [1.165, 1.54) is 12.3 Å². The maximum atomic E-state index is 12.6. The smallest absolute Gasteiger partial charge is 0.255 e. The standard InChI is InChI=1S/C24H24N4O4/c1-14(2)10-20(30)17-6-4-5-7-21(17)32-23-18(22(25)31)12-26-24(28-23)27-19-11-16(13-29)9-8-15(19)3/h4-12,29H,13H2,1-3H3,(H2,25,31)(H,26,27,28). The molecule has 0 aliphatic rings. The summed E-state index contributed by atoms with van der Waals surface area (Å²) in [5.74, 6) is -0.677. The van der Waals surface area contributed by atoms with Crippen molar-refractivity contribution in [2.24, 2.45) is 5.73 Å². The number of anilines is 2. The predicted octanol–water partition coefficient (Wildman–Crippen LogP) is 4.06. The number of aliphatic hydroxyl groups excluding tert-OH is 1. The zero-order chi connectivity index (χ0) is 23.3. The van der Waals surface area contributed by atoms with Crippen LogP contribution in [0.2, 0.25) is 0 Å². The van der Waals surface area contributed by atoms with Gasteiger partial charge in [-0.05, 0) is 56.2 Å². The summed E-state index contributed by atoms with van der Waals surface area (Å²) in [5.41, 5.74) is 8.93. The number of allylic oxidation sites excluding steroid dienone is 2. The molecule has 8 heteroatoms. The number of aliphatic hydroxyl groups is 1. The zero-order valence-corrected chi connectivity index (χ0v) is 18.0. The van der Waals surface area contributed by atoms with Crippen LogP contribution in [-0.4, -0.2) is 26.8 Å². The molecule has 0 atom stereocenters. The normalized spacial score (nSPS) is 10.4. The molecule has 0 spiro atoms. The summed E-state index contributed by atoms with van der Waals surface area (Å²) in [6.45, 7) is 5.43. The first-order chi connectivity index (χ1) is 15.3. The molecule has 4 N–H and O–H groups in total. The summed E-state index contributed by atoms with van der Waals surface area (Å²) in [5, 5.41) is 12.4. The number of hydrogen-bond acceptors (Lipinski definition) is 7. The van der Waals surface area contributed by atoms with Gasteiger partial charge < -0.3 is 20.9 Å². The van der Waals surface area contributed by atoms with Crippen LogP contribution in [0.15, 0.2) is 60.3 Å². The van der Waals surface area contributed by atoms with Crippen molar-refractivity contribution in [3.05, 3.63) is 82.6 Å². The molecular formula is C24H24N4O4. The first-order valence-corrected chi connectivity index (χ1v) is 9.89. The van der Waals surface area contributed by atoms with Gasteiger partial charge in [0.25, 0.3) is 5.91 Å². The highest BCUT2D eigenvalue weighted by atomic mass is 16.5. The highest BCUT2D eigenvalue weighted by Crippen LogP contribution is 2.29. The third-order valence-corrected chi connectivity index (χ3v) is 4.53. The Morgan fingerprint density at radius 1 is 1.16 bits per heavy atom. The lowest BCUT2D eigenvalue weighted by molar-refractivity contribution is 0.0996. The van der Waals surface area contributed by atoms with Gasteiger partial charge in [0.1, 0.15) is 11.3 Å². The largest absolute Gasteiger partial charge is 0.437 e. The lowest BCUT2D eigenvalue weighted by Crippen LogP contribution is -2.15. The van der Waals surface area contributed by atoms with E-state index < -0.39 is 5.91 Å². The minimum atomic E-state index is -0.766. The van der Waals surface area contributed by atoms with Crippen molar-refractivity contribution in [2.75, 3.05) is 5.32 Å². The number of ketones is 1. The van der Waals surface area contributed by atoms with Crippen molar-refractivity contribution in [1.82, 2.24) is 9.97 Å². The number of carbonyl (C=O) groups excluding carboxylic acids is 2. The summed E-state index contributed by atoms with van der Waals surface area (Å²) >= 11 is 0. The van der Waals surface area contributed by atoms with Crippen LogP contribution < -0.4 is 15.8 Å². The Labute approximate surface area is 185 Å². The maximum absolute atomic E-state index is 12.6. The molecule has 0 bridgehead atoms. The van der Waals surface area contributed by atoms with Gasteiger partial charge in [0.15, 0.2) is 5.78 Å². The van der Waals surface area contributed by atoms with Crippen molar-refractivity contribution in [3.8, 4) is 11.6 Å². The summed E-state index contributed by atoms with van der Waals surface area (Å²) in [4.78, 5) is 33.0. The number of aromatic nitrogens is 2. The molecule has 0 radical (unpaired) electrons. The third-order valence-electron chi connectivity index (χ3n) is 4.53. The molecule has 8 nitrogen and oxygen atoms in total. The fraction of sp³-hybridized carbons (Fsp3) is 0.167. The van der Waals surface area contributed by atoms with Crippen molar-refractivity contribution in [3.63, 3.8) is 0 Å². The quantitative estimate of drug-likeness (QED) is 0.362. The number of carbonyl (C=O) groups is 2. The first-order valence-electron chi connectivity index (χ1n) is 9.89. The molecule has 2 aromatic carbocycles. The van der Waals surface area contributed by atoms with Crippen LogP contribution in [0.25, 0.3) is 0 Å². The van der Waals surface area contributed by atoms with Crippen LogP contribution in [0.3, 0.4) is 0 Å². The Morgan fingerprint density at radius 2 is 1.91 bits per heavy atom. The Morgan fingerprint density at radius 3 is 2.59 bits per heavy atom. The number of hydrogen-bond donors (Lipinski definition) is 3. The molecule has 0 saturated carbocycles. The summed E-state index contributed by atoms with van der Waals surface area (Å²) in [6, 6.07) is 12.1. The Kier molecular flexibility index (Phi) is 6.97. The van der Waals surface area contributed by atoms with Crippen molar-refractivity contribution in [1.29, 1.82) is 0 Å². The number of nitrogens with one attached hydrogen (secondary N) is 1. The molecule has 1 heterocycles. The number of nitrogens with two attached hydrogens (primary N) is 1. The van der Waals surface area contributed by atoms with E-state index >= 15 is 0 Å². The molecule has 32 heavy (non-hydrogen) atoms. The van der Waals surface area contributed by atoms with Crippen LogP contribution in [0.1, 0.15) is 45.7 Å². The van der Waals surface area contributed by atoms with Crippen molar-refractivity contribution >= 4 is 23.3 Å². The van der Waals surface area contributed by atoms with Gasteiger partial charge in [0, 0.05) is 11.9 Å². The number of para-hydroxylation sites is 1. The topological polar surface area (TPSA) is 127 Å².